The maximum atomic E-state index is 6.70. The van der Waals surface area contributed by atoms with Crippen molar-refractivity contribution >= 4 is 23.1 Å². The van der Waals surface area contributed by atoms with Crippen molar-refractivity contribution in [2.75, 3.05) is 6.54 Å². The summed E-state index contributed by atoms with van der Waals surface area (Å²) < 4.78 is 6.70. The zero-order chi connectivity index (χ0) is 19.0. The van der Waals surface area contributed by atoms with E-state index in [-0.39, 0.29) is 0 Å². The smallest absolute Gasteiger partial charge is 0.191 e. The summed E-state index contributed by atoms with van der Waals surface area (Å²) in [5.41, 5.74) is 2.73. The van der Waals surface area contributed by atoms with Crippen molar-refractivity contribution in [1.29, 1.82) is 0 Å². The van der Waals surface area contributed by atoms with Crippen molar-refractivity contribution in [3.05, 3.63) is 95.0 Å². The van der Waals surface area contributed by atoms with Crippen molar-refractivity contribution in [2.45, 2.75) is 25.0 Å². The molecule has 3 nitrogen and oxygen atoms in total. The maximum Gasteiger partial charge on any atom is 0.191 e. The summed E-state index contributed by atoms with van der Waals surface area (Å²) in [5.74, 6) is 1.85. The van der Waals surface area contributed by atoms with Crippen molar-refractivity contribution in [1.82, 2.24) is 4.90 Å². The van der Waals surface area contributed by atoms with Crippen molar-refractivity contribution in [3.8, 4) is 5.75 Å². The highest BCUT2D eigenvalue weighted by Gasteiger charge is 2.47. The molecule has 0 aliphatic carbocycles. The van der Waals surface area contributed by atoms with Crippen molar-refractivity contribution in [2.24, 2.45) is 4.99 Å². The molecule has 1 saturated heterocycles. The topological polar surface area (TPSA) is 24.8 Å². The highest BCUT2D eigenvalue weighted by Crippen LogP contribution is 2.46. The van der Waals surface area contributed by atoms with Gasteiger partial charge >= 0.3 is 0 Å². The first kappa shape index (κ1) is 17.3. The van der Waals surface area contributed by atoms with E-state index in [4.69, 9.17) is 21.3 Å². The Morgan fingerprint density at radius 2 is 1.68 bits per heavy atom. The van der Waals surface area contributed by atoms with E-state index in [9.17, 15) is 0 Å². The summed E-state index contributed by atoms with van der Waals surface area (Å²) in [5, 5.41) is 0.758. The van der Waals surface area contributed by atoms with E-state index in [1.165, 1.54) is 5.56 Å². The number of aliphatic imine (C=N–C) groups is 1. The zero-order valence-electron chi connectivity index (χ0n) is 15.5. The summed E-state index contributed by atoms with van der Waals surface area (Å²) >= 11 is 6.07. The fourth-order valence-corrected chi connectivity index (χ4v) is 4.32. The minimum absolute atomic E-state index is 0.541. The molecule has 3 aromatic rings. The Morgan fingerprint density at radius 3 is 2.50 bits per heavy atom. The molecule has 4 heteroatoms. The van der Waals surface area contributed by atoms with Crippen molar-refractivity contribution < 1.29 is 4.74 Å². The van der Waals surface area contributed by atoms with Crippen LogP contribution in [-0.2, 0) is 12.1 Å². The number of nitrogens with zero attached hydrogens (tertiary/aromatic N) is 2. The highest BCUT2D eigenvalue weighted by atomic mass is 35.5. The van der Waals surface area contributed by atoms with Gasteiger partial charge in [-0.15, -0.1) is 0 Å². The van der Waals surface area contributed by atoms with Gasteiger partial charge in [-0.25, -0.2) is 4.99 Å². The highest BCUT2D eigenvalue weighted by molar-refractivity contribution is 6.30. The molecular weight excluding hydrogens is 368 g/mol. The third kappa shape index (κ3) is 2.96. The molecule has 0 amide bonds. The van der Waals surface area contributed by atoms with Crippen LogP contribution in [0.15, 0.2) is 83.9 Å². The molecule has 140 valence electrons. The third-order valence-corrected chi connectivity index (χ3v) is 5.77. The first-order valence-electron chi connectivity index (χ1n) is 9.67. The first-order chi connectivity index (χ1) is 13.7. The van der Waals surface area contributed by atoms with Gasteiger partial charge in [0.2, 0.25) is 0 Å². The number of ether oxygens (including phenoxy) is 1. The predicted octanol–water partition coefficient (Wildman–Crippen LogP) is 5.95. The van der Waals surface area contributed by atoms with Crippen LogP contribution in [0.3, 0.4) is 0 Å². The van der Waals surface area contributed by atoms with Crippen molar-refractivity contribution in [3.63, 3.8) is 0 Å². The van der Waals surface area contributed by atoms with Crippen LogP contribution in [0.1, 0.15) is 24.0 Å². The molecule has 1 unspecified atom stereocenters. The Labute approximate surface area is 170 Å². The molecule has 1 fully saturated rings. The van der Waals surface area contributed by atoms with Crippen LogP contribution in [-0.4, -0.2) is 17.3 Å². The van der Waals surface area contributed by atoms with Crippen LogP contribution in [0.4, 0.5) is 5.69 Å². The molecule has 2 aliphatic heterocycles. The maximum absolute atomic E-state index is 6.70. The van der Waals surface area contributed by atoms with E-state index in [1.807, 2.05) is 42.5 Å². The van der Waals surface area contributed by atoms with Gasteiger partial charge < -0.3 is 9.64 Å². The second-order valence-electron chi connectivity index (χ2n) is 7.35. The molecule has 28 heavy (non-hydrogen) atoms. The average molecular weight is 389 g/mol. The predicted molar refractivity (Wildman–Crippen MR) is 113 cm³/mol. The van der Waals surface area contributed by atoms with Gasteiger partial charge in [0, 0.05) is 30.1 Å². The molecule has 0 saturated carbocycles. The second kappa shape index (κ2) is 6.99. The number of hydrogen-bond donors (Lipinski definition) is 0. The number of halogens is 1. The molecule has 5 rings (SSSR count). The fraction of sp³-hybridized carbons (Fsp3) is 0.208. The average Bonchev–Trinajstić information content (AvgIpc) is 2.75. The number of likely N-dealkylation sites (tertiary alicyclic amines) is 1. The van der Waals surface area contributed by atoms with Crippen LogP contribution in [0.25, 0.3) is 0 Å². The lowest BCUT2D eigenvalue weighted by Crippen LogP contribution is -2.55. The van der Waals surface area contributed by atoms with Gasteiger partial charge in [0.05, 0.1) is 0 Å². The van der Waals surface area contributed by atoms with E-state index in [0.717, 1.165) is 53.8 Å². The van der Waals surface area contributed by atoms with Crippen LogP contribution in [0, 0.1) is 0 Å². The Kier molecular flexibility index (Phi) is 4.33. The molecule has 1 atom stereocenters. The summed E-state index contributed by atoms with van der Waals surface area (Å²) in [6, 6.07) is 26.6. The molecule has 2 aliphatic rings. The van der Waals surface area contributed by atoms with Gasteiger partial charge in [-0.3, -0.25) is 0 Å². The number of rotatable bonds is 3. The molecule has 0 bridgehead atoms. The number of piperidine rings is 1. The van der Waals surface area contributed by atoms with E-state index in [1.54, 1.807) is 0 Å². The molecule has 0 spiro atoms. The van der Waals surface area contributed by atoms with Gasteiger partial charge in [-0.2, -0.15) is 0 Å². The summed E-state index contributed by atoms with van der Waals surface area (Å²) in [7, 11) is 0. The van der Waals surface area contributed by atoms with Gasteiger partial charge in [0.1, 0.15) is 11.4 Å². The Hall–Kier alpha value is -2.78. The number of hydrogen-bond acceptors (Lipinski definition) is 3. The lowest BCUT2D eigenvalue weighted by Gasteiger charge is -2.47. The number of amidine groups is 1. The molecule has 0 aromatic heterocycles. The molecule has 0 radical (unpaired) electrons. The SMILES string of the molecule is Clc1ccc(CN2CCCC3(c4ccccc4)Oc4ccccc4N=C23)cc1. The summed E-state index contributed by atoms with van der Waals surface area (Å²) in [6.45, 7) is 1.75. The monoisotopic (exact) mass is 388 g/mol. The van der Waals surface area contributed by atoms with E-state index in [0.29, 0.717) is 0 Å². The summed E-state index contributed by atoms with van der Waals surface area (Å²) in [4.78, 5) is 7.46. The standard InChI is InChI=1S/C24H21ClN2O/c25-20-13-11-18(12-14-20)17-27-16-6-15-24(19-7-2-1-3-8-19)23(27)26-21-9-4-5-10-22(21)28-24/h1-5,7-14H,6,15-17H2. The van der Waals surface area contributed by atoms with Gasteiger partial charge in [-0.05, 0) is 36.2 Å². The van der Waals surface area contributed by atoms with Crippen LogP contribution >= 0.6 is 11.6 Å². The fourth-order valence-electron chi connectivity index (χ4n) is 4.19. The minimum atomic E-state index is -0.541. The molecule has 3 aromatic carbocycles. The largest absolute Gasteiger partial charge is 0.472 e. The lowest BCUT2D eigenvalue weighted by atomic mass is 9.83. The van der Waals surface area contributed by atoms with Gasteiger partial charge in [0.15, 0.2) is 11.4 Å². The molecule has 0 N–H and O–H groups in total. The van der Waals surface area contributed by atoms with E-state index in [2.05, 4.69) is 41.3 Å². The quantitative estimate of drug-likeness (QED) is 0.553. The van der Waals surface area contributed by atoms with Crippen LogP contribution < -0.4 is 4.74 Å². The third-order valence-electron chi connectivity index (χ3n) is 5.52. The Bertz CT molecular complexity index is 1020. The molecular formula is C24H21ClN2O. The van der Waals surface area contributed by atoms with Gasteiger partial charge in [-0.1, -0.05) is 66.2 Å². The lowest BCUT2D eigenvalue weighted by molar-refractivity contribution is 0.0843. The van der Waals surface area contributed by atoms with Crippen LogP contribution in [0.2, 0.25) is 5.02 Å². The van der Waals surface area contributed by atoms with Crippen LogP contribution in [0.5, 0.6) is 5.75 Å². The zero-order valence-corrected chi connectivity index (χ0v) is 16.3. The Balaban J connectivity index is 1.61. The van der Waals surface area contributed by atoms with E-state index < -0.39 is 5.60 Å². The van der Waals surface area contributed by atoms with E-state index >= 15 is 0 Å². The Morgan fingerprint density at radius 1 is 0.929 bits per heavy atom. The first-order valence-corrected chi connectivity index (χ1v) is 10.0. The second-order valence-corrected chi connectivity index (χ2v) is 7.79. The summed E-state index contributed by atoms with van der Waals surface area (Å²) in [6.07, 6.45) is 1.96. The minimum Gasteiger partial charge on any atom is -0.472 e. The number of fused-ring (bicyclic) bond motifs is 2. The normalized spacial score (nSPS) is 20.6. The molecule has 2 heterocycles. The number of para-hydroxylation sites is 2. The number of benzene rings is 3. The van der Waals surface area contributed by atoms with Gasteiger partial charge in [0.25, 0.3) is 0 Å².